The number of benzene rings is 4. The molecule has 0 aromatic heterocycles. The molecule has 29 heteroatoms. The van der Waals surface area contributed by atoms with Crippen LogP contribution in [-0.2, 0) is 43.7 Å². The van der Waals surface area contributed by atoms with Crippen molar-refractivity contribution in [3.8, 4) is 108 Å². The van der Waals surface area contributed by atoms with Crippen LogP contribution >= 0.6 is 31.9 Å². The quantitative estimate of drug-likeness (QED) is 0.0334. The zero-order valence-corrected chi connectivity index (χ0v) is 40.7. The summed E-state index contributed by atoms with van der Waals surface area (Å²) >= 11 is 6.71. The van der Waals surface area contributed by atoms with Gasteiger partial charge in [-0.25, -0.2) is 25.3 Å². The summed E-state index contributed by atoms with van der Waals surface area (Å²) in [6.45, 7) is -2.71. The topological polar surface area (TPSA) is 293 Å². The molecule has 382 valence electrons. The molecule has 0 aliphatic rings. The molecule has 0 heterocycles. The van der Waals surface area contributed by atoms with Gasteiger partial charge in [0.05, 0.1) is 35.4 Å². The van der Waals surface area contributed by atoms with E-state index < -0.39 is 57.6 Å². The van der Waals surface area contributed by atoms with E-state index in [0.29, 0.717) is 31.9 Å². The fourth-order valence-corrected chi connectivity index (χ4v) is 5.69. The Morgan fingerprint density at radius 2 is 0.694 bits per heavy atom. The van der Waals surface area contributed by atoms with Crippen LogP contribution in [-0.4, -0.2) is 83.7 Å². The van der Waals surface area contributed by atoms with Crippen LogP contribution in [0.4, 0.5) is 0 Å². The Balaban J connectivity index is -0.000000197. The van der Waals surface area contributed by atoms with E-state index in [9.17, 15) is 38.9 Å². The Kier molecular flexibility index (Phi) is 48.0. The Morgan fingerprint density at radius 3 is 0.944 bits per heavy atom. The number of aliphatic hydroxyl groups is 1. The summed E-state index contributed by atoms with van der Waals surface area (Å²) in [5, 5.41) is 7.90. The van der Waals surface area contributed by atoms with Crippen molar-refractivity contribution in [2.45, 2.75) is 37.1 Å². The SMILES string of the molecule is C.C.C.C.C.C#COc1ccc(Oc2ccc(OC#C)c(Br)c2)cc1Br.C#COc1ccc(Oc2ccc(OC#C)c(OCCOS(=O)(=O)[O-])c2)cc1OCCOS(=O)(=O)[O-].O=S(=O)([O-])OCCO.[Li+].[Li+].[Li+]. The van der Waals surface area contributed by atoms with E-state index in [2.05, 4.69) is 56.6 Å². The van der Waals surface area contributed by atoms with E-state index in [0.717, 1.165) is 0 Å². The Labute approximate surface area is 476 Å². The summed E-state index contributed by atoms with van der Waals surface area (Å²) in [6.07, 6.45) is 28.6. The summed E-state index contributed by atoms with van der Waals surface area (Å²) in [4.78, 5) is 0. The molecule has 0 atom stereocenters. The van der Waals surface area contributed by atoms with Crippen molar-refractivity contribution in [2.75, 3.05) is 39.6 Å². The number of terminal acetylenes is 4. The largest absolute Gasteiger partial charge is 1.00 e. The number of hydrogen-bond acceptors (Lipinski definition) is 21. The van der Waals surface area contributed by atoms with Crippen molar-refractivity contribution in [1.82, 2.24) is 0 Å². The van der Waals surface area contributed by atoms with Crippen LogP contribution in [0.3, 0.4) is 0 Å². The molecule has 0 aliphatic heterocycles. The molecule has 0 bridgehead atoms. The number of ether oxygens (including phenoxy) is 8. The molecule has 0 saturated carbocycles. The van der Waals surface area contributed by atoms with Gasteiger partial charge in [0.15, 0.2) is 34.5 Å². The molecular weight excluding hydrogens is 1130 g/mol. The second kappa shape index (κ2) is 42.2. The van der Waals surface area contributed by atoms with Gasteiger partial charge in [-0.15, -0.1) is 0 Å². The maximum absolute atomic E-state index is 10.5. The first-order valence-electron chi connectivity index (χ1n) is 16.6. The summed E-state index contributed by atoms with van der Waals surface area (Å²) in [5.74, 6) is 3.05. The first-order valence-corrected chi connectivity index (χ1v) is 22.2. The summed E-state index contributed by atoms with van der Waals surface area (Å²) in [7, 11) is -14.4. The van der Waals surface area contributed by atoms with Gasteiger partial charge in [-0.1, -0.05) is 62.8 Å². The van der Waals surface area contributed by atoms with Crippen LogP contribution in [0.5, 0.6) is 57.5 Å². The third-order valence-corrected chi connectivity index (χ3v) is 8.85. The molecule has 4 aromatic carbocycles. The first-order chi connectivity index (χ1) is 30.2. The van der Waals surface area contributed by atoms with Crippen molar-refractivity contribution < 1.29 is 151 Å². The minimum Gasteiger partial charge on any atom is -0.726 e. The molecule has 0 aliphatic carbocycles. The van der Waals surface area contributed by atoms with Crippen LogP contribution in [0.2, 0.25) is 0 Å². The maximum Gasteiger partial charge on any atom is 1.00 e. The van der Waals surface area contributed by atoms with E-state index >= 15 is 0 Å². The number of aliphatic hydroxyl groups excluding tert-OH is 1. The molecule has 0 radical (unpaired) electrons. The van der Waals surface area contributed by atoms with Crippen molar-refractivity contribution in [2.24, 2.45) is 0 Å². The van der Waals surface area contributed by atoms with Gasteiger partial charge in [-0.05, 0) is 92.5 Å². The van der Waals surface area contributed by atoms with E-state index in [1.165, 1.54) is 36.4 Å². The summed E-state index contributed by atoms with van der Waals surface area (Å²) in [6, 6.07) is 18.9. The first kappa shape index (κ1) is 81.9. The third-order valence-electron chi connectivity index (χ3n) is 6.24. The number of halogens is 2. The predicted molar refractivity (Wildman–Crippen MR) is 258 cm³/mol. The minimum absolute atomic E-state index is 0. The molecule has 0 fully saturated rings. The maximum atomic E-state index is 10.5. The Bertz CT molecular complexity index is 2540. The predicted octanol–water partition coefficient (Wildman–Crippen LogP) is -1.28. The minimum atomic E-state index is -4.88. The zero-order chi connectivity index (χ0) is 47.8. The molecule has 72 heavy (non-hydrogen) atoms. The molecule has 4 rings (SSSR count). The van der Waals surface area contributed by atoms with Gasteiger partial charge in [0.25, 0.3) is 0 Å². The summed E-state index contributed by atoms with van der Waals surface area (Å²) in [5.41, 5.74) is 0. The van der Waals surface area contributed by atoms with Crippen LogP contribution in [0, 0.1) is 50.1 Å². The average molecular weight is 1180 g/mol. The molecule has 21 nitrogen and oxygen atoms in total. The molecule has 4 aromatic rings. The molecule has 0 unspecified atom stereocenters. The van der Waals surface area contributed by atoms with Crippen molar-refractivity contribution in [3.63, 3.8) is 0 Å². The average Bonchev–Trinajstić information content (AvgIpc) is 3.21. The van der Waals surface area contributed by atoms with Crippen LogP contribution in [0.1, 0.15) is 37.1 Å². The third kappa shape index (κ3) is 35.1. The molecule has 0 amide bonds. The fourth-order valence-electron chi connectivity index (χ4n) is 3.99. The van der Waals surface area contributed by atoms with Gasteiger partial charge in [-0.2, -0.15) is 0 Å². The van der Waals surface area contributed by atoms with Crippen LogP contribution in [0.25, 0.3) is 0 Å². The van der Waals surface area contributed by atoms with Gasteiger partial charge in [0.1, 0.15) is 60.6 Å². The van der Waals surface area contributed by atoms with Gasteiger partial charge in [-0.3, -0.25) is 12.5 Å². The zero-order valence-electron chi connectivity index (χ0n) is 35.1. The Morgan fingerprint density at radius 1 is 0.431 bits per heavy atom. The standard InChI is InChI=1S/C20H18O13S2.C16H8Br2O3.C2H6O5S.5CH4.3Li/c1-3-27-17-7-5-15(13-19(17)29-9-11-31-34(21,22)23)33-16-6-8-18(28-4-2)20(14-16)30-10-12-32-35(24,25)26;1-3-19-15-7-5-11(9-13(15)17)21-12-6-8-16(20-4-2)14(18)10-12;3-1-2-7-8(4,5)6;;;;;;;;/h1-2,5-8,13-14H,9-12H2,(H,21,22,23)(H,24,25,26);1-2,5-10H;3H,1-2H2,(H,4,5,6);5*1H4;;;/q;;;;;;;;3*+1/p-3. The van der Waals surface area contributed by atoms with Crippen LogP contribution in [0.15, 0.2) is 81.7 Å². The van der Waals surface area contributed by atoms with Crippen LogP contribution < -0.4 is 94.5 Å². The van der Waals surface area contributed by atoms with Crippen molar-refractivity contribution in [3.05, 3.63) is 81.7 Å². The van der Waals surface area contributed by atoms with Gasteiger partial charge < -0.3 is 56.7 Å². The Hall–Kier alpha value is -4.16. The van der Waals surface area contributed by atoms with E-state index in [4.69, 9.17) is 68.7 Å². The number of rotatable bonds is 21. The van der Waals surface area contributed by atoms with Gasteiger partial charge in [0.2, 0.25) is 31.2 Å². The number of hydrogen-bond donors (Lipinski definition) is 1. The summed E-state index contributed by atoms with van der Waals surface area (Å²) < 4.78 is 147. The van der Waals surface area contributed by atoms with Gasteiger partial charge >= 0.3 is 56.6 Å². The normalized spacial score (nSPS) is 9.42. The smallest absolute Gasteiger partial charge is 0.726 e. The van der Waals surface area contributed by atoms with Crippen molar-refractivity contribution >= 4 is 63.1 Å². The fraction of sp³-hybridized carbons (Fsp3) is 0.256. The molecular formula is C43H49Br2Li3O21S3. The molecule has 0 spiro atoms. The van der Waals surface area contributed by atoms with E-state index in [1.807, 2.05) is 12.2 Å². The van der Waals surface area contributed by atoms with E-state index in [1.54, 1.807) is 36.4 Å². The monoisotopic (exact) mass is 1180 g/mol. The van der Waals surface area contributed by atoms with Gasteiger partial charge in [0, 0.05) is 12.1 Å². The second-order valence-corrected chi connectivity index (χ2v) is 15.5. The molecule has 0 saturated heterocycles. The second-order valence-electron chi connectivity index (χ2n) is 10.6. The van der Waals surface area contributed by atoms with Crippen molar-refractivity contribution in [1.29, 1.82) is 0 Å². The van der Waals surface area contributed by atoms with E-state index in [-0.39, 0.29) is 141 Å². The molecule has 1 N–H and O–H groups in total.